The number of nitro groups is 1. The molecule has 1 aromatic carbocycles. The van der Waals surface area contributed by atoms with Crippen LogP contribution in [-0.2, 0) is 20.3 Å². The third-order valence-corrected chi connectivity index (χ3v) is 2.94. The number of likely N-dealkylation sites (N-methyl/N-ethyl adjacent to an activating group) is 1. The first-order valence-electron chi connectivity index (χ1n) is 5.47. The average Bonchev–Trinajstić information content (AvgIpc) is 2.36. The first-order chi connectivity index (χ1) is 9.23. The van der Waals surface area contributed by atoms with Crippen LogP contribution >= 0.6 is 7.75 Å². The molecule has 110 valence electrons. The van der Waals surface area contributed by atoms with Crippen molar-refractivity contribution in [2.45, 2.75) is 12.5 Å². The van der Waals surface area contributed by atoms with E-state index in [1.54, 1.807) is 0 Å². The summed E-state index contributed by atoms with van der Waals surface area (Å²) in [5.74, 6) is -0.622. The normalized spacial score (nSPS) is 15.2. The van der Waals surface area contributed by atoms with E-state index in [1.807, 2.05) is 0 Å². The molecule has 0 aliphatic rings. The second-order valence-corrected chi connectivity index (χ2v) is 5.24. The first kappa shape index (κ1) is 16.3. The number of carbonyl (C=O) groups is 1. The minimum atomic E-state index is -4.32. The zero-order valence-electron chi connectivity index (χ0n) is 10.6. The number of amides is 1. The Morgan fingerprint density at radius 2 is 2.10 bits per heavy atom. The van der Waals surface area contributed by atoms with Crippen molar-refractivity contribution in [3.05, 3.63) is 39.9 Å². The van der Waals surface area contributed by atoms with Gasteiger partial charge in [0.1, 0.15) is 0 Å². The number of benzene rings is 1. The molecule has 0 aliphatic heterocycles. The van der Waals surface area contributed by atoms with Crippen molar-refractivity contribution in [3.8, 4) is 0 Å². The van der Waals surface area contributed by atoms with Gasteiger partial charge in [-0.2, -0.15) is 0 Å². The van der Waals surface area contributed by atoms with E-state index in [4.69, 9.17) is 10.4 Å². The van der Waals surface area contributed by atoms with Gasteiger partial charge in [0.05, 0.1) is 4.92 Å². The minimum Gasteiger partial charge on any atom is -0.357 e. The van der Waals surface area contributed by atoms with Gasteiger partial charge < -0.3 is 10.2 Å². The summed E-state index contributed by atoms with van der Waals surface area (Å²) in [6.45, 7) is 0. The number of non-ortho nitro benzene ring substituents is 1. The van der Waals surface area contributed by atoms with Gasteiger partial charge in [-0.1, -0.05) is 12.1 Å². The number of nitrogens with one attached hydrogen (secondary N) is 1. The maximum absolute atomic E-state index is 11.5. The Kier molecular flexibility index (Phi) is 5.34. The largest absolute Gasteiger partial charge is 0.401 e. The van der Waals surface area contributed by atoms with Crippen LogP contribution in [0, 0.1) is 10.1 Å². The summed E-state index contributed by atoms with van der Waals surface area (Å²) in [5, 5.41) is 12.8. The molecule has 0 saturated heterocycles. The highest BCUT2D eigenvalue weighted by atomic mass is 31.2. The Bertz CT molecular complexity index is 540. The van der Waals surface area contributed by atoms with E-state index < -0.39 is 24.7 Å². The highest BCUT2D eigenvalue weighted by molar-refractivity contribution is 7.50. The minimum absolute atomic E-state index is 0.0422. The van der Waals surface area contributed by atoms with Crippen LogP contribution in [0.25, 0.3) is 0 Å². The van der Waals surface area contributed by atoms with E-state index in [2.05, 4.69) is 9.84 Å². The molecule has 1 rings (SSSR count). The maximum atomic E-state index is 11.5. The smallest absolute Gasteiger partial charge is 0.357 e. The number of nitrogens with zero attached hydrogens (tertiary/aromatic N) is 1. The number of nitro benzene ring substituents is 1. The molecule has 2 unspecified atom stereocenters. The number of hydrogen-bond acceptors (Lipinski definition) is 5. The Labute approximate surface area is 114 Å². The lowest BCUT2D eigenvalue weighted by molar-refractivity contribution is -0.384. The predicted octanol–water partition coefficient (Wildman–Crippen LogP) is 0.328. The average molecular weight is 303 g/mol. The monoisotopic (exact) mass is 303 g/mol. The number of hydrogen-bond donors (Lipinski definition) is 3. The summed E-state index contributed by atoms with van der Waals surface area (Å²) < 4.78 is 15.6. The van der Waals surface area contributed by atoms with Crippen molar-refractivity contribution < 1.29 is 23.7 Å². The van der Waals surface area contributed by atoms with Crippen molar-refractivity contribution in [3.63, 3.8) is 0 Å². The van der Waals surface area contributed by atoms with Crippen LogP contribution in [0.15, 0.2) is 24.3 Å². The molecule has 0 radical (unpaired) electrons. The SMILES string of the molecule is CNC(=O)C(Cc1ccc([N+](=O)[O-])cc1)OP(N)(=O)O. The second-order valence-electron chi connectivity index (χ2n) is 3.90. The molecular weight excluding hydrogens is 289 g/mol. The van der Waals surface area contributed by atoms with Crippen LogP contribution in [0.1, 0.15) is 5.56 Å². The van der Waals surface area contributed by atoms with Crippen LogP contribution < -0.4 is 10.8 Å². The molecule has 0 bridgehead atoms. The van der Waals surface area contributed by atoms with E-state index in [-0.39, 0.29) is 12.1 Å². The molecule has 0 fully saturated rings. The van der Waals surface area contributed by atoms with Gasteiger partial charge >= 0.3 is 7.75 Å². The van der Waals surface area contributed by atoms with Crippen molar-refractivity contribution >= 4 is 19.3 Å². The first-order valence-corrected chi connectivity index (χ1v) is 7.12. The lowest BCUT2D eigenvalue weighted by Crippen LogP contribution is -2.35. The summed E-state index contributed by atoms with van der Waals surface area (Å²) in [4.78, 5) is 30.5. The molecule has 0 saturated carbocycles. The lowest BCUT2D eigenvalue weighted by Gasteiger charge is -2.17. The fourth-order valence-electron chi connectivity index (χ4n) is 1.49. The number of nitrogens with two attached hydrogens (primary N) is 1. The molecule has 0 aliphatic carbocycles. The molecule has 1 aromatic rings. The van der Waals surface area contributed by atoms with E-state index in [0.717, 1.165) is 0 Å². The molecule has 9 nitrogen and oxygen atoms in total. The summed E-state index contributed by atoms with van der Waals surface area (Å²) in [7, 11) is -2.98. The van der Waals surface area contributed by atoms with Gasteiger partial charge in [0.2, 0.25) is 5.91 Å². The summed E-state index contributed by atoms with van der Waals surface area (Å²) in [6.07, 6.45) is -1.30. The molecule has 20 heavy (non-hydrogen) atoms. The van der Waals surface area contributed by atoms with Gasteiger partial charge in [-0.25, -0.2) is 10.1 Å². The van der Waals surface area contributed by atoms with E-state index >= 15 is 0 Å². The highest BCUT2D eigenvalue weighted by Gasteiger charge is 2.26. The Balaban J connectivity index is 2.86. The molecule has 0 heterocycles. The molecule has 1 amide bonds. The maximum Gasteiger partial charge on any atom is 0.401 e. The Morgan fingerprint density at radius 3 is 2.50 bits per heavy atom. The molecular formula is C10H14N3O6P. The topological polar surface area (TPSA) is 145 Å². The van der Waals surface area contributed by atoms with Crippen LogP contribution in [0.5, 0.6) is 0 Å². The fraction of sp³-hybridized carbons (Fsp3) is 0.300. The van der Waals surface area contributed by atoms with Gasteiger partial charge in [-0.05, 0) is 5.56 Å². The summed E-state index contributed by atoms with van der Waals surface area (Å²) in [5.41, 5.74) is 5.29. The number of rotatable bonds is 6. The zero-order valence-corrected chi connectivity index (χ0v) is 11.4. The van der Waals surface area contributed by atoms with Gasteiger partial charge in [0, 0.05) is 25.6 Å². The molecule has 2 atom stereocenters. The molecule has 0 aromatic heterocycles. The molecule has 10 heteroatoms. The Hall–Kier alpha value is -1.80. The van der Waals surface area contributed by atoms with E-state index in [9.17, 15) is 19.5 Å². The zero-order chi connectivity index (χ0) is 15.3. The van der Waals surface area contributed by atoms with E-state index in [1.165, 1.54) is 31.3 Å². The van der Waals surface area contributed by atoms with Crippen LogP contribution in [-0.4, -0.2) is 28.9 Å². The van der Waals surface area contributed by atoms with E-state index in [0.29, 0.717) is 5.56 Å². The van der Waals surface area contributed by atoms with Gasteiger partial charge in [-0.3, -0.25) is 19.4 Å². The fourth-order valence-corrected chi connectivity index (χ4v) is 2.02. The highest BCUT2D eigenvalue weighted by Crippen LogP contribution is 2.34. The standard InChI is InChI=1S/C10H14N3O6P/c1-12-10(14)9(19-20(11,17)18)6-7-2-4-8(5-3-7)13(15)16/h2-5,9H,6H2,1H3,(H,12,14)(H3,11,17,18). The van der Waals surface area contributed by atoms with Crippen molar-refractivity contribution in [2.75, 3.05) is 7.05 Å². The molecule has 4 N–H and O–H groups in total. The van der Waals surface area contributed by atoms with Gasteiger partial charge in [-0.15, -0.1) is 0 Å². The number of carbonyl (C=O) groups excluding carboxylic acids is 1. The molecule has 0 spiro atoms. The second kappa shape index (κ2) is 6.58. The van der Waals surface area contributed by atoms with Crippen molar-refractivity contribution in [2.24, 2.45) is 5.50 Å². The quantitative estimate of drug-likeness (QED) is 0.390. The van der Waals surface area contributed by atoms with Gasteiger partial charge in [0.15, 0.2) is 6.10 Å². The van der Waals surface area contributed by atoms with Crippen molar-refractivity contribution in [1.29, 1.82) is 0 Å². The summed E-state index contributed by atoms with van der Waals surface area (Å²) >= 11 is 0. The van der Waals surface area contributed by atoms with Crippen LogP contribution in [0.4, 0.5) is 5.69 Å². The summed E-state index contributed by atoms with van der Waals surface area (Å²) in [6, 6.07) is 5.38. The third-order valence-electron chi connectivity index (χ3n) is 2.39. The lowest BCUT2D eigenvalue weighted by atomic mass is 10.1. The van der Waals surface area contributed by atoms with Gasteiger partial charge in [0.25, 0.3) is 5.69 Å². The predicted molar refractivity (Wildman–Crippen MR) is 69.8 cm³/mol. The van der Waals surface area contributed by atoms with Crippen molar-refractivity contribution in [1.82, 2.24) is 5.32 Å². The Morgan fingerprint density at radius 1 is 1.55 bits per heavy atom. The van der Waals surface area contributed by atoms with Crippen LogP contribution in [0.2, 0.25) is 0 Å². The third kappa shape index (κ3) is 5.06. The van der Waals surface area contributed by atoms with Crippen LogP contribution in [0.3, 0.4) is 0 Å².